The van der Waals surface area contributed by atoms with Crippen LogP contribution in [0.25, 0.3) is 0 Å². The van der Waals surface area contributed by atoms with Gasteiger partial charge in [-0.25, -0.2) is 0 Å². The number of nitrogens with zero attached hydrogens (tertiary/aromatic N) is 1. The average molecular weight is 294 g/mol. The summed E-state index contributed by atoms with van der Waals surface area (Å²) in [6.07, 6.45) is 1.33. The molecule has 1 heterocycles. The molecule has 4 heteroatoms. The predicted molar refractivity (Wildman–Crippen MR) is 86.9 cm³/mol. The Bertz CT molecular complexity index is 678. The highest BCUT2D eigenvalue weighted by Crippen LogP contribution is 2.18. The van der Waals surface area contributed by atoms with Gasteiger partial charge in [0.1, 0.15) is 6.10 Å². The number of nitrogens with one attached hydrogen (secondary N) is 1. The zero-order valence-electron chi connectivity index (χ0n) is 12.5. The van der Waals surface area contributed by atoms with E-state index >= 15 is 0 Å². The van der Waals surface area contributed by atoms with Gasteiger partial charge >= 0.3 is 0 Å². The van der Waals surface area contributed by atoms with Crippen LogP contribution in [0.15, 0.2) is 59.8 Å². The third-order valence-corrected chi connectivity index (χ3v) is 3.53. The van der Waals surface area contributed by atoms with E-state index in [1.807, 2.05) is 61.5 Å². The van der Waals surface area contributed by atoms with E-state index < -0.39 is 0 Å². The van der Waals surface area contributed by atoms with Gasteiger partial charge < -0.3 is 10.2 Å². The van der Waals surface area contributed by atoms with E-state index in [0.29, 0.717) is 6.42 Å². The molecule has 0 saturated carbocycles. The first kappa shape index (κ1) is 14.3. The van der Waals surface area contributed by atoms with Gasteiger partial charge in [-0.1, -0.05) is 47.6 Å². The van der Waals surface area contributed by atoms with Crippen molar-refractivity contribution in [1.82, 2.24) is 0 Å². The van der Waals surface area contributed by atoms with Crippen molar-refractivity contribution in [1.29, 1.82) is 0 Å². The molecule has 1 amide bonds. The molecule has 2 aromatic carbocycles. The van der Waals surface area contributed by atoms with E-state index in [1.165, 1.54) is 0 Å². The van der Waals surface area contributed by atoms with Gasteiger partial charge in [0.15, 0.2) is 0 Å². The summed E-state index contributed by atoms with van der Waals surface area (Å²) in [4.78, 5) is 17.2. The van der Waals surface area contributed by atoms with Crippen LogP contribution in [0, 0.1) is 0 Å². The zero-order chi connectivity index (χ0) is 15.4. The van der Waals surface area contributed by atoms with Crippen molar-refractivity contribution in [2.24, 2.45) is 5.16 Å². The Morgan fingerprint density at radius 1 is 1.18 bits per heavy atom. The maximum Gasteiger partial charge on any atom is 0.228 e. The number of oxime groups is 1. The molecule has 0 saturated heterocycles. The first-order chi connectivity index (χ1) is 10.7. The van der Waals surface area contributed by atoms with Crippen molar-refractivity contribution >= 4 is 17.3 Å². The summed E-state index contributed by atoms with van der Waals surface area (Å²) in [5.74, 6) is -0.0193. The van der Waals surface area contributed by atoms with Gasteiger partial charge in [-0.3, -0.25) is 4.79 Å². The third-order valence-electron chi connectivity index (χ3n) is 3.53. The Kier molecular flexibility index (Phi) is 4.19. The van der Waals surface area contributed by atoms with Gasteiger partial charge in [0, 0.05) is 12.1 Å². The largest absolute Gasteiger partial charge is 0.392 e. The Hall–Kier alpha value is -2.62. The van der Waals surface area contributed by atoms with E-state index in [1.54, 1.807) is 0 Å². The summed E-state index contributed by atoms with van der Waals surface area (Å²) in [7, 11) is 0. The van der Waals surface area contributed by atoms with E-state index in [9.17, 15) is 4.79 Å². The van der Waals surface area contributed by atoms with Crippen LogP contribution in [-0.4, -0.2) is 17.7 Å². The van der Waals surface area contributed by atoms with Crippen LogP contribution < -0.4 is 5.32 Å². The maximum absolute atomic E-state index is 12.0. The maximum atomic E-state index is 12.0. The number of carbonyl (C=O) groups excluding carboxylic acids is 1. The SMILES string of the molecule is CC1CC(c2ccc(NC(=O)Cc3ccccc3)cc2)=NO1. The van der Waals surface area contributed by atoms with Crippen molar-refractivity contribution in [3.05, 3.63) is 65.7 Å². The Morgan fingerprint density at radius 3 is 2.55 bits per heavy atom. The third kappa shape index (κ3) is 3.52. The molecule has 0 bridgehead atoms. The molecule has 22 heavy (non-hydrogen) atoms. The van der Waals surface area contributed by atoms with E-state index in [0.717, 1.165) is 28.9 Å². The highest BCUT2D eigenvalue weighted by atomic mass is 16.6. The average Bonchev–Trinajstić information content (AvgIpc) is 2.95. The van der Waals surface area contributed by atoms with Gasteiger partial charge in [0.25, 0.3) is 0 Å². The minimum Gasteiger partial charge on any atom is -0.392 e. The highest BCUT2D eigenvalue weighted by molar-refractivity contribution is 6.01. The molecule has 0 spiro atoms. The summed E-state index contributed by atoms with van der Waals surface area (Å²) in [6.45, 7) is 1.99. The number of hydrogen-bond donors (Lipinski definition) is 1. The molecule has 3 rings (SSSR count). The fourth-order valence-electron chi connectivity index (χ4n) is 2.40. The molecule has 1 aliphatic heterocycles. The molecule has 1 N–H and O–H groups in total. The second kappa shape index (κ2) is 6.43. The molecule has 0 radical (unpaired) electrons. The smallest absolute Gasteiger partial charge is 0.228 e. The van der Waals surface area contributed by atoms with Crippen LogP contribution in [-0.2, 0) is 16.1 Å². The van der Waals surface area contributed by atoms with Gasteiger partial charge in [0.2, 0.25) is 5.91 Å². The summed E-state index contributed by atoms with van der Waals surface area (Å²) < 4.78 is 0. The van der Waals surface area contributed by atoms with Gasteiger partial charge in [-0.05, 0) is 30.2 Å². The summed E-state index contributed by atoms with van der Waals surface area (Å²) in [6, 6.07) is 17.4. The minimum atomic E-state index is -0.0193. The van der Waals surface area contributed by atoms with Gasteiger partial charge in [0.05, 0.1) is 12.1 Å². The molecule has 0 aliphatic carbocycles. The first-order valence-corrected chi connectivity index (χ1v) is 7.37. The van der Waals surface area contributed by atoms with Crippen molar-refractivity contribution in [3.63, 3.8) is 0 Å². The summed E-state index contributed by atoms with van der Waals surface area (Å²) in [5.41, 5.74) is 3.78. The Morgan fingerprint density at radius 2 is 1.91 bits per heavy atom. The molecule has 1 aliphatic rings. The van der Waals surface area contributed by atoms with Crippen LogP contribution in [0.1, 0.15) is 24.5 Å². The van der Waals surface area contributed by atoms with E-state index in [4.69, 9.17) is 4.84 Å². The van der Waals surface area contributed by atoms with Crippen LogP contribution in [0.5, 0.6) is 0 Å². The number of carbonyl (C=O) groups is 1. The fraction of sp³-hybridized carbons (Fsp3) is 0.222. The van der Waals surface area contributed by atoms with Crippen molar-refractivity contribution < 1.29 is 9.63 Å². The lowest BCUT2D eigenvalue weighted by atomic mass is 10.1. The lowest BCUT2D eigenvalue weighted by molar-refractivity contribution is -0.115. The van der Waals surface area contributed by atoms with Gasteiger partial charge in [-0.2, -0.15) is 0 Å². The van der Waals surface area contributed by atoms with Crippen LogP contribution >= 0.6 is 0 Å². The first-order valence-electron chi connectivity index (χ1n) is 7.37. The highest BCUT2D eigenvalue weighted by Gasteiger charge is 2.17. The van der Waals surface area contributed by atoms with Crippen LogP contribution in [0.4, 0.5) is 5.69 Å². The van der Waals surface area contributed by atoms with Crippen molar-refractivity contribution in [2.45, 2.75) is 25.9 Å². The second-order valence-corrected chi connectivity index (χ2v) is 5.45. The molecule has 4 nitrogen and oxygen atoms in total. The Balaban J connectivity index is 1.60. The van der Waals surface area contributed by atoms with Crippen LogP contribution in [0.2, 0.25) is 0 Å². The monoisotopic (exact) mass is 294 g/mol. The fourth-order valence-corrected chi connectivity index (χ4v) is 2.40. The number of amides is 1. The topological polar surface area (TPSA) is 50.7 Å². The molecular weight excluding hydrogens is 276 g/mol. The number of benzene rings is 2. The van der Waals surface area contributed by atoms with Crippen molar-refractivity contribution in [2.75, 3.05) is 5.32 Å². The van der Waals surface area contributed by atoms with Crippen molar-refractivity contribution in [3.8, 4) is 0 Å². The number of anilines is 1. The molecule has 0 aromatic heterocycles. The molecule has 1 atom stereocenters. The molecule has 0 fully saturated rings. The lowest BCUT2D eigenvalue weighted by Gasteiger charge is -2.06. The summed E-state index contributed by atoms with van der Waals surface area (Å²) >= 11 is 0. The standard InChI is InChI=1S/C18H18N2O2/c1-13-11-17(20-22-13)15-7-9-16(10-8-15)19-18(21)12-14-5-3-2-4-6-14/h2-10,13H,11-12H2,1H3,(H,19,21). The van der Waals surface area contributed by atoms with E-state index in [2.05, 4.69) is 10.5 Å². The summed E-state index contributed by atoms with van der Waals surface area (Å²) in [5, 5.41) is 6.97. The minimum absolute atomic E-state index is 0.0193. The number of rotatable bonds is 4. The van der Waals surface area contributed by atoms with Crippen LogP contribution in [0.3, 0.4) is 0 Å². The second-order valence-electron chi connectivity index (χ2n) is 5.45. The number of hydrogen-bond acceptors (Lipinski definition) is 3. The normalized spacial score (nSPS) is 16.8. The van der Waals surface area contributed by atoms with Gasteiger partial charge in [-0.15, -0.1) is 0 Å². The lowest BCUT2D eigenvalue weighted by Crippen LogP contribution is -2.14. The Labute approximate surface area is 129 Å². The quantitative estimate of drug-likeness (QED) is 0.939. The molecule has 1 unspecified atom stereocenters. The molecular formula is C18H18N2O2. The van der Waals surface area contributed by atoms with E-state index in [-0.39, 0.29) is 12.0 Å². The molecule has 112 valence electrons. The molecule has 2 aromatic rings. The predicted octanol–water partition coefficient (Wildman–Crippen LogP) is 3.38. The zero-order valence-corrected chi connectivity index (χ0v) is 12.5.